The highest BCUT2D eigenvalue weighted by molar-refractivity contribution is 7.93. The Kier molecular flexibility index (Phi) is 4.56. The van der Waals surface area contributed by atoms with Gasteiger partial charge in [0.1, 0.15) is 6.54 Å². The predicted molar refractivity (Wildman–Crippen MR) is 99.0 cm³/mol. The molecule has 0 saturated carbocycles. The average molecular weight is 358 g/mol. The maximum absolute atomic E-state index is 13.1. The van der Waals surface area contributed by atoms with Gasteiger partial charge >= 0.3 is 0 Å². The van der Waals surface area contributed by atoms with E-state index in [0.29, 0.717) is 11.3 Å². The summed E-state index contributed by atoms with van der Waals surface area (Å²) in [6, 6.07) is 12.5. The molecule has 6 heteroatoms. The Morgan fingerprint density at radius 3 is 2.60 bits per heavy atom. The number of anilines is 1. The number of hydrogen-bond donors (Lipinski definition) is 1. The van der Waals surface area contributed by atoms with Gasteiger partial charge in [0.05, 0.1) is 10.6 Å². The lowest BCUT2D eigenvalue weighted by Crippen LogP contribution is -2.44. The standard InChI is InChI=1S/C19H22N2O3S/c1-4-14(3)20-19(22)12-21-17-10-9-13(2)11-16(17)15-7-5-6-8-18(15)25(21,23)24/h5-11,14H,4,12H2,1-3H3,(H,20,22)/t14-/m0/s1. The number of sulfonamides is 1. The van der Waals surface area contributed by atoms with Crippen LogP contribution >= 0.6 is 0 Å². The van der Waals surface area contributed by atoms with Crippen molar-refractivity contribution in [2.45, 2.75) is 38.1 Å². The molecule has 1 aliphatic rings. The molecule has 0 radical (unpaired) electrons. The van der Waals surface area contributed by atoms with Crippen molar-refractivity contribution >= 4 is 21.6 Å². The SMILES string of the molecule is CC[C@H](C)NC(=O)CN1c2ccc(C)cc2-c2ccccc2S1(=O)=O. The lowest BCUT2D eigenvalue weighted by atomic mass is 10.0. The molecule has 2 aromatic rings. The van der Waals surface area contributed by atoms with E-state index in [0.717, 1.165) is 17.5 Å². The molecule has 0 saturated heterocycles. The molecule has 3 rings (SSSR count). The van der Waals surface area contributed by atoms with Crippen LogP contribution in [0, 0.1) is 6.92 Å². The molecule has 1 N–H and O–H groups in total. The van der Waals surface area contributed by atoms with Gasteiger partial charge in [-0.05, 0) is 38.5 Å². The second-order valence-corrected chi connectivity index (χ2v) is 8.24. The Bertz CT molecular complexity index is 922. The van der Waals surface area contributed by atoms with Gasteiger partial charge in [-0.15, -0.1) is 0 Å². The first-order valence-electron chi connectivity index (χ1n) is 8.36. The van der Waals surface area contributed by atoms with E-state index in [1.54, 1.807) is 18.2 Å². The minimum absolute atomic E-state index is 0.00442. The summed E-state index contributed by atoms with van der Waals surface area (Å²) in [5.74, 6) is -0.302. The zero-order valence-corrected chi connectivity index (χ0v) is 15.4. The molecule has 5 nitrogen and oxygen atoms in total. The fourth-order valence-electron chi connectivity index (χ4n) is 2.97. The first-order valence-corrected chi connectivity index (χ1v) is 9.80. The molecule has 0 aromatic heterocycles. The largest absolute Gasteiger partial charge is 0.352 e. The van der Waals surface area contributed by atoms with E-state index < -0.39 is 10.0 Å². The zero-order chi connectivity index (χ0) is 18.2. The second-order valence-electron chi connectivity index (χ2n) is 6.41. The summed E-state index contributed by atoms with van der Waals surface area (Å²) >= 11 is 0. The molecule has 25 heavy (non-hydrogen) atoms. The molecule has 0 bridgehead atoms. The topological polar surface area (TPSA) is 66.5 Å². The summed E-state index contributed by atoms with van der Waals surface area (Å²) in [4.78, 5) is 12.6. The first-order chi connectivity index (χ1) is 11.8. The molecule has 1 amide bonds. The van der Waals surface area contributed by atoms with Crippen molar-refractivity contribution in [2.75, 3.05) is 10.8 Å². The van der Waals surface area contributed by atoms with E-state index in [4.69, 9.17) is 0 Å². The molecule has 2 aromatic carbocycles. The van der Waals surface area contributed by atoms with Crippen molar-refractivity contribution in [1.82, 2.24) is 5.32 Å². The van der Waals surface area contributed by atoms with Crippen LogP contribution in [0.1, 0.15) is 25.8 Å². The van der Waals surface area contributed by atoms with Gasteiger partial charge in [-0.3, -0.25) is 9.10 Å². The van der Waals surface area contributed by atoms with Crippen molar-refractivity contribution in [1.29, 1.82) is 0 Å². The van der Waals surface area contributed by atoms with Gasteiger partial charge in [0, 0.05) is 17.2 Å². The molecule has 1 aliphatic heterocycles. The molecular weight excluding hydrogens is 336 g/mol. The Morgan fingerprint density at radius 1 is 1.16 bits per heavy atom. The maximum Gasteiger partial charge on any atom is 0.265 e. The van der Waals surface area contributed by atoms with Crippen LogP contribution in [0.2, 0.25) is 0 Å². The van der Waals surface area contributed by atoms with E-state index in [9.17, 15) is 13.2 Å². The van der Waals surface area contributed by atoms with Gasteiger partial charge in [-0.1, -0.05) is 36.8 Å². The van der Waals surface area contributed by atoms with Crippen molar-refractivity contribution in [2.24, 2.45) is 0 Å². The summed E-state index contributed by atoms with van der Waals surface area (Å²) in [6.07, 6.45) is 0.789. The minimum atomic E-state index is -3.77. The monoisotopic (exact) mass is 358 g/mol. The van der Waals surface area contributed by atoms with E-state index in [1.807, 2.05) is 45.0 Å². The van der Waals surface area contributed by atoms with Gasteiger partial charge in [0.2, 0.25) is 5.91 Å². The molecule has 0 unspecified atom stereocenters. The number of carbonyl (C=O) groups is 1. The number of fused-ring (bicyclic) bond motifs is 3. The zero-order valence-electron chi connectivity index (χ0n) is 14.6. The van der Waals surface area contributed by atoms with Crippen LogP contribution in [-0.4, -0.2) is 26.9 Å². The summed E-state index contributed by atoms with van der Waals surface area (Å²) < 4.78 is 27.4. The highest BCUT2D eigenvalue weighted by atomic mass is 32.2. The average Bonchev–Trinajstić information content (AvgIpc) is 2.59. The predicted octanol–water partition coefficient (Wildman–Crippen LogP) is 3.09. The molecule has 0 aliphatic carbocycles. The Hall–Kier alpha value is -2.34. The third-order valence-electron chi connectivity index (χ3n) is 4.47. The number of nitrogens with zero attached hydrogens (tertiary/aromatic N) is 1. The molecule has 0 spiro atoms. The van der Waals surface area contributed by atoms with E-state index in [1.165, 1.54) is 4.31 Å². The number of hydrogen-bond acceptors (Lipinski definition) is 3. The molecule has 132 valence electrons. The van der Waals surface area contributed by atoms with Crippen LogP contribution < -0.4 is 9.62 Å². The van der Waals surface area contributed by atoms with Crippen LogP contribution in [-0.2, 0) is 14.8 Å². The van der Waals surface area contributed by atoms with Crippen LogP contribution in [0.5, 0.6) is 0 Å². The van der Waals surface area contributed by atoms with E-state index in [-0.39, 0.29) is 23.4 Å². The third-order valence-corrected chi connectivity index (χ3v) is 6.29. The maximum atomic E-state index is 13.1. The smallest absolute Gasteiger partial charge is 0.265 e. The number of aryl methyl sites for hydroxylation is 1. The van der Waals surface area contributed by atoms with Gasteiger partial charge in [-0.25, -0.2) is 8.42 Å². The molecule has 1 atom stereocenters. The fourth-order valence-corrected chi connectivity index (χ4v) is 4.62. The van der Waals surface area contributed by atoms with Crippen molar-refractivity contribution in [3.05, 3.63) is 48.0 Å². The van der Waals surface area contributed by atoms with E-state index >= 15 is 0 Å². The van der Waals surface area contributed by atoms with Gasteiger partial charge in [0.15, 0.2) is 0 Å². The van der Waals surface area contributed by atoms with Crippen molar-refractivity contribution in [3.8, 4) is 11.1 Å². The molecular formula is C19H22N2O3S. The number of rotatable bonds is 4. The summed E-state index contributed by atoms with van der Waals surface area (Å²) in [5, 5.41) is 2.84. The van der Waals surface area contributed by atoms with Crippen molar-refractivity contribution in [3.63, 3.8) is 0 Å². The molecule has 1 heterocycles. The molecule has 0 fully saturated rings. The lowest BCUT2D eigenvalue weighted by molar-refractivity contribution is -0.120. The number of amides is 1. The van der Waals surface area contributed by atoms with Gasteiger partial charge < -0.3 is 5.32 Å². The lowest BCUT2D eigenvalue weighted by Gasteiger charge is -2.32. The second kappa shape index (κ2) is 6.52. The number of nitrogens with one attached hydrogen (secondary N) is 1. The van der Waals surface area contributed by atoms with Crippen molar-refractivity contribution < 1.29 is 13.2 Å². The summed E-state index contributed by atoms with van der Waals surface area (Å²) in [6.45, 7) is 5.61. The van der Waals surface area contributed by atoms with Crippen LogP contribution in [0.25, 0.3) is 11.1 Å². The Morgan fingerprint density at radius 2 is 1.88 bits per heavy atom. The van der Waals surface area contributed by atoms with Crippen LogP contribution in [0.4, 0.5) is 5.69 Å². The van der Waals surface area contributed by atoms with Gasteiger partial charge in [-0.2, -0.15) is 0 Å². The highest BCUT2D eigenvalue weighted by Crippen LogP contribution is 2.43. The normalized spacial score (nSPS) is 15.9. The first kappa shape index (κ1) is 17.5. The minimum Gasteiger partial charge on any atom is -0.352 e. The number of carbonyl (C=O) groups excluding carboxylic acids is 1. The third kappa shape index (κ3) is 3.14. The highest BCUT2D eigenvalue weighted by Gasteiger charge is 2.35. The summed E-state index contributed by atoms with van der Waals surface area (Å²) in [7, 11) is -3.77. The van der Waals surface area contributed by atoms with Gasteiger partial charge in [0.25, 0.3) is 10.0 Å². The summed E-state index contributed by atoms with van der Waals surface area (Å²) in [5.41, 5.74) is 3.10. The van der Waals surface area contributed by atoms with Crippen LogP contribution in [0.3, 0.4) is 0 Å². The Balaban J connectivity index is 2.09. The quantitative estimate of drug-likeness (QED) is 0.913. The van der Waals surface area contributed by atoms with E-state index in [2.05, 4.69) is 5.32 Å². The number of benzene rings is 2. The fraction of sp³-hybridized carbons (Fsp3) is 0.316. The van der Waals surface area contributed by atoms with Crippen LogP contribution in [0.15, 0.2) is 47.4 Å². The Labute approximate surface area is 148 Å².